The van der Waals surface area contributed by atoms with Crippen molar-refractivity contribution in [3.05, 3.63) is 40.7 Å². The van der Waals surface area contributed by atoms with Gasteiger partial charge >= 0.3 is 0 Å². The van der Waals surface area contributed by atoms with Crippen LogP contribution in [0.4, 0.5) is 0 Å². The minimum absolute atomic E-state index is 0.0625. The summed E-state index contributed by atoms with van der Waals surface area (Å²) in [5, 5.41) is 2.85. The average Bonchev–Trinajstić information content (AvgIpc) is 3.39. The van der Waals surface area contributed by atoms with Crippen molar-refractivity contribution >= 4 is 28.4 Å². The zero-order chi connectivity index (χ0) is 17.4. The highest BCUT2D eigenvalue weighted by Gasteiger charge is 2.23. The molecule has 3 heterocycles. The molecule has 3 aromatic rings. The van der Waals surface area contributed by atoms with Crippen molar-refractivity contribution in [3.63, 3.8) is 0 Å². The molecule has 0 N–H and O–H groups in total. The molecule has 1 saturated carbocycles. The number of thiazole rings is 1. The van der Waals surface area contributed by atoms with Crippen molar-refractivity contribution in [3.8, 4) is 0 Å². The molecule has 0 radical (unpaired) electrons. The Hall–Kier alpha value is -2.28. The molecule has 3 aromatic heterocycles. The first-order chi connectivity index (χ1) is 12.1. The topological polar surface area (TPSA) is 63.9 Å². The van der Waals surface area contributed by atoms with E-state index in [2.05, 4.69) is 19.5 Å². The molecule has 4 rings (SSSR count). The number of pyridine rings is 1. The smallest absolute Gasteiger partial charge is 0.255 e. The van der Waals surface area contributed by atoms with E-state index in [4.69, 9.17) is 0 Å². The van der Waals surface area contributed by atoms with Crippen LogP contribution < -0.4 is 0 Å². The monoisotopic (exact) mass is 355 g/mol. The van der Waals surface area contributed by atoms with Crippen LogP contribution in [-0.2, 0) is 0 Å². The van der Waals surface area contributed by atoms with Crippen LogP contribution >= 0.6 is 11.3 Å². The fourth-order valence-electron chi connectivity index (χ4n) is 3.47. The number of amides is 1. The summed E-state index contributed by atoms with van der Waals surface area (Å²) in [4.78, 5) is 27.9. The van der Waals surface area contributed by atoms with Gasteiger partial charge in [-0.25, -0.2) is 15.0 Å². The third kappa shape index (κ3) is 2.93. The summed E-state index contributed by atoms with van der Waals surface area (Å²) < 4.78 is 2.17. The summed E-state index contributed by atoms with van der Waals surface area (Å²) in [6.45, 7) is 1.98. The molecule has 0 bridgehead atoms. The third-order valence-electron chi connectivity index (χ3n) is 5.09. The first-order valence-corrected chi connectivity index (χ1v) is 9.52. The molecule has 1 aliphatic rings. The SMILES string of the molecule is CC(c1nccs1)N(C)C(=O)c1cnc2c(c1)ncn2C1CCCC1. The molecular weight excluding hydrogens is 334 g/mol. The minimum Gasteiger partial charge on any atom is -0.332 e. The Labute approximate surface area is 150 Å². The number of carbonyl (C=O) groups is 1. The van der Waals surface area contributed by atoms with E-state index < -0.39 is 0 Å². The largest absolute Gasteiger partial charge is 0.332 e. The molecule has 1 fully saturated rings. The lowest BCUT2D eigenvalue weighted by molar-refractivity contribution is 0.0742. The van der Waals surface area contributed by atoms with Gasteiger partial charge in [-0.3, -0.25) is 4.79 Å². The summed E-state index contributed by atoms with van der Waals surface area (Å²) in [6.07, 6.45) is 10.2. The van der Waals surface area contributed by atoms with Gasteiger partial charge in [-0.1, -0.05) is 12.8 Å². The molecular formula is C18H21N5OS. The zero-order valence-corrected chi connectivity index (χ0v) is 15.2. The van der Waals surface area contributed by atoms with Crippen LogP contribution in [0.5, 0.6) is 0 Å². The number of hydrogen-bond donors (Lipinski definition) is 0. The highest BCUT2D eigenvalue weighted by atomic mass is 32.1. The van der Waals surface area contributed by atoms with Gasteiger partial charge in [0.1, 0.15) is 10.5 Å². The number of rotatable bonds is 4. The lowest BCUT2D eigenvalue weighted by Crippen LogP contribution is -2.29. The van der Waals surface area contributed by atoms with Gasteiger partial charge in [-0.15, -0.1) is 11.3 Å². The van der Waals surface area contributed by atoms with E-state index in [9.17, 15) is 4.79 Å². The van der Waals surface area contributed by atoms with Gasteiger partial charge in [0.25, 0.3) is 5.91 Å². The van der Waals surface area contributed by atoms with Gasteiger partial charge in [0.2, 0.25) is 0 Å². The molecule has 6 nitrogen and oxygen atoms in total. The summed E-state index contributed by atoms with van der Waals surface area (Å²) in [6, 6.07) is 2.27. The second-order valence-electron chi connectivity index (χ2n) is 6.62. The molecule has 1 unspecified atom stereocenters. The van der Waals surface area contributed by atoms with Crippen molar-refractivity contribution < 1.29 is 4.79 Å². The fraction of sp³-hybridized carbons (Fsp3) is 0.444. The van der Waals surface area contributed by atoms with E-state index in [1.54, 1.807) is 35.7 Å². The van der Waals surface area contributed by atoms with Crippen LogP contribution in [0.15, 0.2) is 30.2 Å². The molecule has 1 aliphatic carbocycles. The zero-order valence-electron chi connectivity index (χ0n) is 14.4. The molecule has 130 valence electrons. The minimum atomic E-state index is -0.0701. The highest BCUT2D eigenvalue weighted by Crippen LogP contribution is 2.31. The van der Waals surface area contributed by atoms with E-state index in [0.717, 1.165) is 16.2 Å². The van der Waals surface area contributed by atoms with Crippen molar-refractivity contribution in [1.82, 2.24) is 24.4 Å². The number of aromatic nitrogens is 4. The number of imidazole rings is 1. The van der Waals surface area contributed by atoms with Crippen molar-refractivity contribution in [2.45, 2.75) is 44.7 Å². The van der Waals surface area contributed by atoms with E-state index in [1.165, 1.54) is 25.7 Å². The Morgan fingerprint density at radius 2 is 2.12 bits per heavy atom. The van der Waals surface area contributed by atoms with Crippen LogP contribution in [0, 0.1) is 0 Å². The average molecular weight is 355 g/mol. The Balaban J connectivity index is 1.60. The van der Waals surface area contributed by atoms with Gasteiger partial charge in [0.05, 0.1) is 17.9 Å². The van der Waals surface area contributed by atoms with Crippen LogP contribution in [0.25, 0.3) is 11.2 Å². The van der Waals surface area contributed by atoms with Gasteiger partial charge in [-0.05, 0) is 25.8 Å². The second kappa shape index (κ2) is 6.55. The fourth-order valence-corrected chi connectivity index (χ4v) is 4.21. The summed E-state index contributed by atoms with van der Waals surface area (Å²) in [5.74, 6) is -0.0625. The molecule has 0 saturated heterocycles. The molecule has 25 heavy (non-hydrogen) atoms. The van der Waals surface area contributed by atoms with Gasteiger partial charge in [0, 0.05) is 30.9 Å². The van der Waals surface area contributed by atoms with Gasteiger partial charge < -0.3 is 9.47 Å². The Morgan fingerprint density at radius 1 is 1.32 bits per heavy atom. The highest BCUT2D eigenvalue weighted by molar-refractivity contribution is 7.09. The first kappa shape index (κ1) is 16.2. The molecule has 0 spiro atoms. The Bertz CT molecular complexity index is 882. The summed E-state index contributed by atoms with van der Waals surface area (Å²) in [5.41, 5.74) is 2.22. The molecule has 0 aliphatic heterocycles. The molecule has 7 heteroatoms. The van der Waals surface area contributed by atoms with Crippen molar-refractivity contribution in [1.29, 1.82) is 0 Å². The summed E-state index contributed by atoms with van der Waals surface area (Å²) in [7, 11) is 1.80. The molecule has 1 amide bonds. The lowest BCUT2D eigenvalue weighted by Gasteiger charge is -2.23. The first-order valence-electron chi connectivity index (χ1n) is 8.64. The quantitative estimate of drug-likeness (QED) is 0.713. The van der Waals surface area contributed by atoms with Crippen LogP contribution in [-0.4, -0.2) is 37.4 Å². The van der Waals surface area contributed by atoms with E-state index in [-0.39, 0.29) is 11.9 Å². The normalized spacial score (nSPS) is 16.4. The number of carbonyl (C=O) groups excluding carboxylic acids is 1. The lowest BCUT2D eigenvalue weighted by atomic mass is 10.2. The summed E-state index contributed by atoms with van der Waals surface area (Å²) >= 11 is 1.56. The molecule has 0 aromatic carbocycles. The van der Waals surface area contributed by atoms with E-state index >= 15 is 0 Å². The maximum absolute atomic E-state index is 12.8. The number of nitrogens with zero attached hydrogens (tertiary/aromatic N) is 5. The van der Waals surface area contributed by atoms with Gasteiger partial charge in [0.15, 0.2) is 5.65 Å². The number of hydrogen-bond acceptors (Lipinski definition) is 5. The Kier molecular flexibility index (Phi) is 4.25. The van der Waals surface area contributed by atoms with Gasteiger partial charge in [-0.2, -0.15) is 0 Å². The standard InChI is InChI=1S/C18H21N5OS/c1-12(17-19-7-8-25-17)22(2)18(24)13-9-15-16(20-10-13)23(11-21-15)14-5-3-4-6-14/h7-12,14H,3-6H2,1-2H3. The van der Waals surface area contributed by atoms with Crippen molar-refractivity contribution in [2.75, 3.05) is 7.05 Å². The maximum atomic E-state index is 12.8. The Morgan fingerprint density at radius 3 is 2.84 bits per heavy atom. The number of fused-ring (bicyclic) bond motifs is 1. The van der Waals surface area contributed by atoms with E-state index in [0.29, 0.717) is 11.6 Å². The third-order valence-corrected chi connectivity index (χ3v) is 6.03. The van der Waals surface area contributed by atoms with Crippen LogP contribution in [0.2, 0.25) is 0 Å². The van der Waals surface area contributed by atoms with Crippen LogP contribution in [0.3, 0.4) is 0 Å². The van der Waals surface area contributed by atoms with Crippen molar-refractivity contribution in [2.24, 2.45) is 0 Å². The van der Waals surface area contributed by atoms with E-state index in [1.807, 2.05) is 24.7 Å². The maximum Gasteiger partial charge on any atom is 0.255 e. The van der Waals surface area contributed by atoms with Crippen LogP contribution in [0.1, 0.15) is 60.1 Å². The predicted molar refractivity (Wildman–Crippen MR) is 97.7 cm³/mol. The molecule has 1 atom stereocenters. The predicted octanol–water partition coefficient (Wildman–Crippen LogP) is 3.84. The second-order valence-corrected chi connectivity index (χ2v) is 7.55.